The molecule has 5 atom stereocenters. The normalized spacial score (nSPS) is 31.9. The first-order valence-corrected chi connectivity index (χ1v) is 17.3. The number of sulfonamides is 1. The quantitative estimate of drug-likeness (QED) is 0.370. The molecular formula is C29H49N5O7S. The number of aliphatic carboxylic acids is 1. The third kappa shape index (κ3) is 7.56. The first-order chi connectivity index (χ1) is 19.7. The van der Waals surface area contributed by atoms with Crippen LogP contribution in [0.5, 0.6) is 0 Å². The highest BCUT2D eigenvalue weighted by molar-refractivity contribution is 7.89. The molecule has 12 nitrogen and oxygen atoms in total. The molecule has 0 bridgehead atoms. The standard InChI is InChI=1S/C29H49N5O7S/c1-28(2,3)23(19-33-15-9-10-17-42(33,40)41)31-27(39)30-21-13-8-6-4-5-7-12-20-18-29(20,26(37)38)32-24(35)22-14-11-16-34(22)25(21)36/h20-23H,4-19H2,1-3H3,(H,32,35)(H,37,38)(H2,30,31,39)/t20?,21-,22-,23?,29+/m0/s1. The van der Waals surface area contributed by atoms with Crippen LogP contribution in [0.3, 0.4) is 0 Å². The van der Waals surface area contributed by atoms with Gasteiger partial charge in [0.05, 0.1) is 5.75 Å². The van der Waals surface area contributed by atoms with Crippen molar-refractivity contribution in [3.63, 3.8) is 0 Å². The molecule has 4 fully saturated rings. The molecule has 4 aliphatic rings. The van der Waals surface area contributed by atoms with Gasteiger partial charge >= 0.3 is 12.0 Å². The second-order valence-electron chi connectivity index (χ2n) is 13.7. The van der Waals surface area contributed by atoms with Crippen molar-refractivity contribution in [2.75, 3.05) is 25.4 Å². The van der Waals surface area contributed by atoms with E-state index in [0.29, 0.717) is 45.2 Å². The molecule has 1 saturated carbocycles. The van der Waals surface area contributed by atoms with E-state index in [-0.39, 0.29) is 24.1 Å². The van der Waals surface area contributed by atoms with Gasteiger partial charge in [-0.3, -0.25) is 9.59 Å². The van der Waals surface area contributed by atoms with E-state index in [1.54, 1.807) is 0 Å². The maximum absolute atomic E-state index is 13.8. The van der Waals surface area contributed by atoms with E-state index in [4.69, 9.17) is 0 Å². The number of carboxylic acids is 1. The fourth-order valence-corrected chi connectivity index (χ4v) is 8.23. The summed E-state index contributed by atoms with van der Waals surface area (Å²) >= 11 is 0. The lowest BCUT2D eigenvalue weighted by Crippen LogP contribution is -2.59. The summed E-state index contributed by atoms with van der Waals surface area (Å²) in [6.45, 7) is 6.74. The average molecular weight is 612 g/mol. The van der Waals surface area contributed by atoms with Gasteiger partial charge in [-0.05, 0) is 56.3 Å². The van der Waals surface area contributed by atoms with Crippen LogP contribution in [-0.2, 0) is 24.4 Å². The lowest BCUT2D eigenvalue weighted by Gasteiger charge is -2.37. The second kappa shape index (κ2) is 13.1. The van der Waals surface area contributed by atoms with Gasteiger partial charge in [-0.15, -0.1) is 0 Å². The average Bonchev–Trinajstić information content (AvgIpc) is 3.37. The third-order valence-corrected chi connectivity index (χ3v) is 11.4. The maximum Gasteiger partial charge on any atom is 0.329 e. The molecule has 4 rings (SSSR count). The minimum atomic E-state index is -3.38. The zero-order chi connectivity index (χ0) is 30.7. The van der Waals surface area contributed by atoms with Gasteiger partial charge < -0.3 is 26.0 Å². The first-order valence-electron chi connectivity index (χ1n) is 15.7. The topological polar surface area (TPSA) is 165 Å². The highest BCUT2D eigenvalue weighted by Gasteiger charge is 2.61. The molecule has 3 aliphatic heterocycles. The van der Waals surface area contributed by atoms with Gasteiger partial charge in [0.25, 0.3) is 0 Å². The van der Waals surface area contributed by atoms with Crippen molar-refractivity contribution in [2.24, 2.45) is 11.3 Å². The van der Waals surface area contributed by atoms with Crippen LogP contribution in [0, 0.1) is 11.3 Å². The zero-order valence-corrected chi connectivity index (χ0v) is 26.1. The molecule has 0 spiro atoms. The number of hydrogen-bond donors (Lipinski definition) is 4. The van der Waals surface area contributed by atoms with Crippen LogP contribution in [-0.4, -0.2) is 95.6 Å². The number of fused-ring (bicyclic) bond motifs is 2. The molecule has 4 amide bonds. The summed E-state index contributed by atoms with van der Waals surface area (Å²) in [4.78, 5) is 54.1. The van der Waals surface area contributed by atoms with Crippen molar-refractivity contribution < 1.29 is 32.7 Å². The number of carbonyl (C=O) groups excluding carboxylic acids is 3. The SMILES string of the molecule is CC(C)(C)C(CN1CCCCS1(=O)=O)NC(=O)N[C@H]1CCCCCCCC2C[C@@]2(C(=O)O)NC(=O)[C@@H]2CCCN2C1=O. The van der Waals surface area contributed by atoms with Gasteiger partial charge in [-0.1, -0.05) is 52.9 Å². The van der Waals surface area contributed by atoms with E-state index in [2.05, 4.69) is 16.0 Å². The molecule has 3 heterocycles. The van der Waals surface area contributed by atoms with E-state index in [1.807, 2.05) is 20.8 Å². The number of nitrogens with zero attached hydrogens (tertiary/aromatic N) is 2. The molecule has 238 valence electrons. The molecule has 0 aromatic rings. The number of carbonyl (C=O) groups is 4. The Bertz CT molecular complexity index is 1140. The summed E-state index contributed by atoms with van der Waals surface area (Å²) in [7, 11) is -3.38. The number of rotatable bonds is 5. The molecule has 3 saturated heterocycles. The Balaban J connectivity index is 1.48. The lowest BCUT2D eigenvalue weighted by atomic mass is 9.86. The van der Waals surface area contributed by atoms with Crippen LogP contribution in [0.2, 0.25) is 0 Å². The van der Waals surface area contributed by atoms with Gasteiger partial charge in [-0.25, -0.2) is 18.0 Å². The molecule has 0 radical (unpaired) electrons. The van der Waals surface area contributed by atoms with Crippen LogP contribution in [0.15, 0.2) is 0 Å². The highest BCUT2D eigenvalue weighted by atomic mass is 32.2. The van der Waals surface area contributed by atoms with E-state index in [0.717, 1.165) is 44.9 Å². The monoisotopic (exact) mass is 611 g/mol. The number of hydrogen-bond acceptors (Lipinski definition) is 6. The largest absolute Gasteiger partial charge is 0.479 e. The second-order valence-corrected chi connectivity index (χ2v) is 15.8. The van der Waals surface area contributed by atoms with Crippen LogP contribution in [0.4, 0.5) is 4.79 Å². The highest BCUT2D eigenvalue weighted by Crippen LogP contribution is 2.47. The predicted molar refractivity (Wildman–Crippen MR) is 157 cm³/mol. The van der Waals surface area contributed by atoms with Crippen LogP contribution in [0.25, 0.3) is 0 Å². The van der Waals surface area contributed by atoms with Crippen molar-refractivity contribution >= 4 is 33.8 Å². The Morgan fingerprint density at radius 3 is 2.36 bits per heavy atom. The summed E-state index contributed by atoms with van der Waals surface area (Å²) in [6.07, 6.45) is 8.39. The van der Waals surface area contributed by atoms with Crippen LogP contribution < -0.4 is 16.0 Å². The number of urea groups is 1. The Morgan fingerprint density at radius 1 is 1.00 bits per heavy atom. The number of carboxylic acid groups (broad SMARTS) is 1. The van der Waals surface area contributed by atoms with Crippen molar-refractivity contribution in [1.82, 2.24) is 25.2 Å². The Labute approximate surface area is 249 Å². The van der Waals surface area contributed by atoms with Gasteiger partial charge in [0, 0.05) is 25.7 Å². The summed E-state index contributed by atoms with van der Waals surface area (Å²) in [6, 6.07) is -2.68. The maximum atomic E-state index is 13.8. The van der Waals surface area contributed by atoms with E-state index < -0.39 is 57.0 Å². The van der Waals surface area contributed by atoms with Crippen molar-refractivity contribution in [3.8, 4) is 0 Å². The van der Waals surface area contributed by atoms with E-state index in [1.165, 1.54) is 9.21 Å². The number of nitrogens with one attached hydrogen (secondary N) is 3. The molecule has 0 aromatic heterocycles. The fraction of sp³-hybridized carbons (Fsp3) is 0.862. The number of amides is 4. The zero-order valence-electron chi connectivity index (χ0n) is 25.3. The first kappa shape index (κ1) is 32.5. The van der Waals surface area contributed by atoms with Crippen LogP contribution in [0.1, 0.15) is 97.8 Å². The molecular weight excluding hydrogens is 562 g/mol. The molecule has 42 heavy (non-hydrogen) atoms. The summed E-state index contributed by atoms with van der Waals surface area (Å²) in [5, 5.41) is 18.5. The summed E-state index contributed by atoms with van der Waals surface area (Å²) in [5.41, 5.74) is -1.70. The van der Waals surface area contributed by atoms with Gasteiger partial charge in [0.2, 0.25) is 21.8 Å². The minimum absolute atomic E-state index is 0.0940. The Kier molecular flexibility index (Phi) is 10.1. The van der Waals surface area contributed by atoms with E-state index in [9.17, 15) is 32.7 Å². The molecule has 0 aromatic carbocycles. The molecule has 2 unspecified atom stereocenters. The molecule has 4 N–H and O–H groups in total. The molecule has 13 heteroatoms. The predicted octanol–water partition coefficient (Wildman–Crippen LogP) is 2.19. The lowest BCUT2D eigenvalue weighted by molar-refractivity contribution is -0.145. The van der Waals surface area contributed by atoms with Crippen molar-refractivity contribution in [3.05, 3.63) is 0 Å². The third-order valence-electron chi connectivity index (χ3n) is 9.51. The van der Waals surface area contributed by atoms with Crippen LogP contribution >= 0.6 is 0 Å². The van der Waals surface area contributed by atoms with Gasteiger partial charge in [0.15, 0.2) is 0 Å². The smallest absolute Gasteiger partial charge is 0.329 e. The van der Waals surface area contributed by atoms with E-state index >= 15 is 0 Å². The fourth-order valence-electron chi connectivity index (χ4n) is 6.62. The minimum Gasteiger partial charge on any atom is -0.479 e. The van der Waals surface area contributed by atoms with Gasteiger partial charge in [0.1, 0.15) is 17.6 Å². The van der Waals surface area contributed by atoms with Gasteiger partial charge in [-0.2, -0.15) is 4.31 Å². The van der Waals surface area contributed by atoms with Crippen molar-refractivity contribution in [2.45, 2.75) is 121 Å². The van der Waals surface area contributed by atoms with Crippen molar-refractivity contribution in [1.29, 1.82) is 0 Å². The summed E-state index contributed by atoms with van der Waals surface area (Å²) < 4.78 is 26.7. The Hall–Kier alpha value is -2.41. The summed E-state index contributed by atoms with van der Waals surface area (Å²) in [5.74, 6) is -1.81. The molecule has 1 aliphatic carbocycles. The Morgan fingerprint density at radius 2 is 1.69 bits per heavy atom.